The lowest BCUT2D eigenvalue weighted by Crippen LogP contribution is -2.06. The van der Waals surface area contributed by atoms with Crippen LogP contribution in [0.2, 0.25) is 0 Å². The fourth-order valence-corrected chi connectivity index (χ4v) is 1.94. The van der Waals surface area contributed by atoms with Gasteiger partial charge in [0.25, 0.3) is 0 Å². The Morgan fingerprint density at radius 3 is 2.76 bits per heavy atom. The molecule has 2 aromatic rings. The molecule has 1 aromatic carbocycles. The number of pyridine rings is 1. The lowest BCUT2D eigenvalue weighted by molar-refractivity contribution is -0.139. The van der Waals surface area contributed by atoms with Crippen molar-refractivity contribution in [3.05, 3.63) is 41.1 Å². The van der Waals surface area contributed by atoms with E-state index in [0.29, 0.717) is 0 Å². The molecule has 17 heavy (non-hydrogen) atoms. The summed E-state index contributed by atoms with van der Waals surface area (Å²) >= 11 is 0. The van der Waals surface area contributed by atoms with E-state index in [1.165, 1.54) is 7.11 Å². The van der Waals surface area contributed by atoms with E-state index in [-0.39, 0.29) is 12.4 Å². The Hall–Kier alpha value is -1.90. The number of nitrogens with zero attached hydrogens (tertiary/aromatic N) is 1. The average molecular weight is 229 g/mol. The molecule has 0 spiro atoms. The predicted octanol–water partition coefficient (Wildman–Crippen LogP) is 2.57. The molecule has 3 nitrogen and oxygen atoms in total. The Bertz CT molecular complexity index is 576. The predicted molar refractivity (Wildman–Crippen MR) is 66.9 cm³/mol. The number of aromatic nitrogens is 1. The Balaban J connectivity index is 2.54. The van der Waals surface area contributed by atoms with Crippen molar-refractivity contribution < 1.29 is 9.53 Å². The van der Waals surface area contributed by atoms with Crippen molar-refractivity contribution >= 4 is 16.9 Å². The normalized spacial score (nSPS) is 10.5. The SMILES string of the molecule is COC(=O)Cc1cc(C)c2cccc(C)c2n1. The highest BCUT2D eigenvalue weighted by Crippen LogP contribution is 2.21. The maximum absolute atomic E-state index is 11.3. The summed E-state index contributed by atoms with van der Waals surface area (Å²) < 4.78 is 4.66. The van der Waals surface area contributed by atoms with Crippen molar-refractivity contribution in [3.8, 4) is 0 Å². The van der Waals surface area contributed by atoms with Crippen molar-refractivity contribution in [2.75, 3.05) is 7.11 Å². The third kappa shape index (κ3) is 2.28. The largest absolute Gasteiger partial charge is 0.469 e. The van der Waals surface area contributed by atoms with Gasteiger partial charge in [0.2, 0.25) is 0 Å². The van der Waals surface area contributed by atoms with Crippen molar-refractivity contribution in [2.24, 2.45) is 0 Å². The van der Waals surface area contributed by atoms with Crippen molar-refractivity contribution in [3.63, 3.8) is 0 Å². The van der Waals surface area contributed by atoms with Crippen molar-refractivity contribution in [1.82, 2.24) is 4.98 Å². The number of ether oxygens (including phenoxy) is 1. The van der Waals surface area contributed by atoms with Crippen LogP contribution in [0.25, 0.3) is 10.9 Å². The van der Waals surface area contributed by atoms with Crippen LogP contribution in [-0.2, 0) is 16.0 Å². The Morgan fingerprint density at radius 1 is 1.29 bits per heavy atom. The van der Waals surface area contributed by atoms with Crippen LogP contribution in [-0.4, -0.2) is 18.1 Å². The van der Waals surface area contributed by atoms with Gasteiger partial charge in [0, 0.05) is 5.39 Å². The first kappa shape index (κ1) is 11.6. The van der Waals surface area contributed by atoms with Gasteiger partial charge in [-0.15, -0.1) is 0 Å². The summed E-state index contributed by atoms with van der Waals surface area (Å²) in [4.78, 5) is 15.8. The lowest BCUT2D eigenvalue weighted by atomic mass is 10.0. The molecule has 0 aliphatic carbocycles. The summed E-state index contributed by atoms with van der Waals surface area (Å²) in [6.07, 6.45) is 0.224. The van der Waals surface area contributed by atoms with Crippen LogP contribution >= 0.6 is 0 Å². The molecule has 0 aliphatic rings. The van der Waals surface area contributed by atoms with Gasteiger partial charge >= 0.3 is 5.97 Å². The molecule has 2 rings (SSSR count). The molecule has 1 heterocycles. The van der Waals surface area contributed by atoms with E-state index >= 15 is 0 Å². The maximum Gasteiger partial charge on any atom is 0.311 e. The molecular weight excluding hydrogens is 214 g/mol. The molecular formula is C14H15NO2. The molecule has 88 valence electrons. The fraction of sp³-hybridized carbons (Fsp3) is 0.286. The van der Waals surface area contributed by atoms with E-state index in [1.807, 2.05) is 38.1 Å². The standard InChI is InChI=1S/C14H15NO2/c1-9-5-4-6-12-10(2)7-11(15-14(9)12)8-13(16)17-3/h4-7H,8H2,1-3H3. The molecule has 3 heteroatoms. The Kier molecular flexibility index (Phi) is 3.09. The van der Waals surface area contributed by atoms with Crippen molar-refractivity contribution in [2.45, 2.75) is 20.3 Å². The first-order valence-corrected chi connectivity index (χ1v) is 5.54. The molecule has 0 N–H and O–H groups in total. The van der Waals surface area contributed by atoms with Crippen LogP contribution in [0.4, 0.5) is 0 Å². The minimum Gasteiger partial charge on any atom is -0.469 e. The number of methoxy groups -OCH3 is 1. The smallest absolute Gasteiger partial charge is 0.311 e. The zero-order valence-corrected chi connectivity index (χ0v) is 10.3. The van der Waals surface area contributed by atoms with Gasteiger partial charge in [-0.3, -0.25) is 9.78 Å². The summed E-state index contributed by atoms with van der Waals surface area (Å²) in [6, 6.07) is 8.04. The molecule has 0 saturated carbocycles. The Labute approximate surface area is 100 Å². The van der Waals surface area contributed by atoms with Gasteiger partial charge in [-0.05, 0) is 31.0 Å². The molecule has 0 fully saturated rings. The number of hydrogen-bond acceptors (Lipinski definition) is 3. The highest BCUT2D eigenvalue weighted by atomic mass is 16.5. The monoisotopic (exact) mass is 229 g/mol. The quantitative estimate of drug-likeness (QED) is 0.743. The highest BCUT2D eigenvalue weighted by molar-refractivity contribution is 5.85. The average Bonchev–Trinajstić information content (AvgIpc) is 2.30. The second-order valence-corrected chi connectivity index (χ2v) is 4.15. The summed E-state index contributed by atoms with van der Waals surface area (Å²) in [7, 11) is 1.39. The topological polar surface area (TPSA) is 39.2 Å². The van der Waals surface area contributed by atoms with E-state index in [1.54, 1.807) is 0 Å². The number of fused-ring (bicyclic) bond motifs is 1. The number of esters is 1. The number of rotatable bonds is 2. The highest BCUT2D eigenvalue weighted by Gasteiger charge is 2.08. The van der Waals surface area contributed by atoms with Gasteiger partial charge in [0.1, 0.15) is 0 Å². The summed E-state index contributed by atoms with van der Waals surface area (Å²) in [5, 5.41) is 1.14. The number of carbonyl (C=O) groups is 1. The summed E-state index contributed by atoms with van der Waals surface area (Å²) in [5.41, 5.74) is 3.98. The van der Waals surface area contributed by atoms with Gasteiger partial charge in [0.05, 0.1) is 24.7 Å². The number of hydrogen-bond donors (Lipinski definition) is 0. The molecule has 0 amide bonds. The summed E-state index contributed by atoms with van der Waals surface area (Å²) in [5.74, 6) is -0.259. The molecule has 0 atom stereocenters. The van der Waals surface area contributed by atoms with Crippen LogP contribution in [0.15, 0.2) is 24.3 Å². The third-order valence-electron chi connectivity index (χ3n) is 2.85. The minimum atomic E-state index is -0.259. The number of aryl methyl sites for hydroxylation is 2. The molecule has 0 radical (unpaired) electrons. The number of para-hydroxylation sites is 1. The second-order valence-electron chi connectivity index (χ2n) is 4.15. The number of carbonyl (C=O) groups excluding carboxylic acids is 1. The van der Waals surface area contributed by atoms with Gasteiger partial charge in [0.15, 0.2) is 0 Å². The van der Waals surface area contributed by atoms with Crippen LogP contribution < -0.4 is 0 Å². The molecule has 0 saturated heterocycles. The minimum absolute atomic E-state index is 0.224. The van der Waals surface area contributed by atoms with Crippen LogP contribution in [0.1, 0.15) is 16.8 Å². The maximum atomic E-state index is 11.3. The molecule has 0 bridgehead atoms. The zero-order valence-electron chi connectivity index (χ0n) is 10.3. The molecule has 0 unspecified atom stereocenters. The summed E-state index contributed by atoms with van der Waals surface area (Å²) in [6.45, 7) is 4.06. The van der Waals surface area contributed by atoms with E-state index in [4.69, 9.17) is 0 Å². The first-order valence-electron chi connectivity index (χ1n) is 5.54. The lowest BCUT2D eigenvalue weighted by Gasteiger charge is -2.07. The van der Waals surface area contributed by atoms with Gasteiger partial charge < -0.3 is 4.74 Å². The van der Waals surface area contributed by atoms with E-state index < -0.39 is 0 Å². The number of benzene rings is 1. The van der Waals surface area contributed by atoms with E-state index in [9.17, 15) is 4.79 Å². The Morgan fingerprint density at radius 2 is 2.06 bits per heavy atom. The van der Waals surface area contributed by atoms with E-state index in [2.05, 4.69) is 9.72 Å². The van der Waals surface area contributed by atoms with Gasteiger partial charge in [-0.2, -0.15) is 0 Å². The second kappa shape index (κ2) is 4.53. The van der Waals surface area contributed by atoms with Crippen molar-refractivity contribution in [1.29, 1.82) is 0 Å². The molecule has 1 aromatic heterocycles. The van der Waals surface area contributed by atoms with E-state index in [0.717, 1.165) is 27.7 Å². The van der Waals surface area contributed by atoms with Crippen LogP contribution in [0.3, 0.4) is 0 Å². The zero-order chi connectivity index (χ0) is 12.4. The fourth-order valence-electron chi connectivity index (χ4n) is 1.94. The van der Waals surface area contributed by atoms with Gasteiger partial charge in [-0.1, -0.05) is 18.2 Å². The van der Waals surface area contributed by atoms with Crippen LogP contribution in [0, 0.1) is 13.8 Å². The first-order chi connectivity index (χ1) is 8.11. The van der Waals surface area contributed by atoms with Crippen LogP contribution in [0.5, 0.6) is 0 Å². The molecule has 0 aliphatic heterocycles. The van der Waals surface area contributed by atoms with Gasteiger partial charge in [-0.25, -0.2) is 0 Å². The third-order valence-corrected chi connectivity index (χ3v) is 2.85.